The van der Waals surface area contributed by atoms with E-state index in [0.29, 0.717) is 12.8 Å². The van der Waals surface area contributed by atoms with Crippen LogP contribution in [0.15, 0.2) is 48.5 Å². The zero-order valence-corrected chi connectivity index (χ0v) is 19.0. The summed E-state index contributed by atoms with van der Waals surface area (Å²) in [5, 5.41) is 23.6. The monoisotopic (exact) mass is 466 g/mol. The molecular formula is C26H30N2O6. The zero-order chi connectivity index (χ0) is 24.1. The number of benzene rings is 2. The largest absolute Gasteiger partial charge is 0.479 e. The first kappa shape index (κ1) is 23.8. The van der Waals surface area contributed by atoms with Crippen LogP contribution in [0.25, 0.3) is 11.1 Å². The van der Waals surface area contributed by atoms with E-state index in [0.717, 1.165) is 35.1 Å². The summed E-state index contributed by atoms with van der Waals surface area (Å²) in [5.74, 6) is -1.59. The van der Waals surface area contributed by atoms with Crippen molar-refractivity contribution < 1.29 is 29.3 Å². The molecule has 4 N–H and O–H groups in total. The predicted molar refractivity (Wildman–Crippen MR) is 125 cm³/mol. The molecule has 1 saturated carbocycles. The van der Waals surface area contributed by atoms with Gasteiger partial charge in [0.05, 0.1) is 5.41 Å². The van der Waals surface area contributed by atoms with Gasteiger partial charge in [-0.3, -0.25) is 4.79 Å². The molecule has 34 heavy (non-hydrogen) atoms. The number of ether oxygens (including phenoxy) is 1. The number of hydrogen-bond acceptors (Lipinski definition) is 5. The molecular weight excluding hydrogens is 436 g/mol. The molecule has 0 bridgehead atoms. The molecule has 2 aromatic rings. The molecule has 0 saturated heterocycles. The lowest BCUT2D eigenvalue weighted by Crippen LogP contribution is -2.47. The van der Waals surface area contributed by atoms with Gasteiger partial charge in [0.25, 0.3) is 0 Å². The molecule has 2 aromatic carbocycles. The van der Waals surface area contributed by atoms with Crippen molar-refractivity contribution in [2.45, 2.75) is 44.1 Å². The first-order chi connectivity index (χ1) is 16.4. The molecule has 1 fully saturated rings. The Labute approximate surface area is 198 Å². The minimum absolute atomic E-state index is 0.0393. The second kappa shape index (κ2) is 10.3. The van der Waals surface area contributed by atoms with Crippen LogP contribution in [0.1, 0.15) is 49.1 Å². The van der Waals surface area contributed by atoms with Crippen molar-refractivity contribution in [3.05, 3.63) is 59.7 Å². The van der Waals surface area contributed by atoms with Crippen LogP contribution in [0.5, 0.6) is 0 Å². The van der Waals surface area contributed by atoms with Gasteiger partial charge in [0.2, 0.25) is 5.91 Å². The smallest absolute Gasteiger partial charge is 0.407 e. The SMILES string of the molecule is O=C(NCC1(C(=O)NCCC(O)C(=O)O)CCCC1)OCC1c2ccccc2-c2ccccc21. The van der Waals surface area contributed by atoms with Crippen molar-refractivity contribution in [1.82, 2.24) is 10.6 Å². The van der Waals surface area contributed by atoms with Gasteiger partial charge in [0.1, 0.15) is 6.61 Å². The van der Waals surface area contributed by atoms with Gasteiger partial charge in [-0.25, -0.2) is 9.59 Å². The highest BCUT2D eigenvalue weighted by molar-refractivity contribution is 5.84. The lowest BCUT2D eigenvalue weighted by Gasteiger charge is -2.28. The van der Waals surface area contributed by atoms with Gasteiger partial charge in [-0.1, -0.05) is 61.4 Å². The second-order valence-corrected chi connectivity index (χ2v) is 9.07. The number of alkyl carbamates (subject to hydrolysis) is 1. The average Bonchev–Trinajstić information content (AvgIpc) is 3.45. The number of amides is 2. The highest BCUT2D eigenvalue weighted by Gasteiger charge is 2.41. The lowest BCUT2D eigenvalue weighted by molar-refractivity contribution is -0.147. The second-order valence-electron chi connectivity index (χ2n) is 9.07. The molecule has 8 heteroatoms. The van der Waals surface area contributed by atoms with Gasteiger partial charge in [0, 0.05) is 25.4 Å². The number of carbonyl (C=O) groups is 3. The van der Waals surface area contributed by atoms with E-state index in [4.69, 9.17) is 9.84 Å². The highest BCUT2D eigenvalue weighted by atomic mass is 16.5. The number of fused-ring (bicyclic) bond motifs is 3. The van der Waals surface area contributed by atoms with Gasteiger partial charge in [-0.05, 0) is 35.1 Å². The maximum Gasteiger partial charge on any atom is 0.407 e. The average molecular weight is 467 g/mol. The summed E-state index contributed by atoms with van der Waals surface area (Å²) in [5.41, 5.74) is 3.82. The van der Waals surface area contributed by atoms with Crippen LogP contribution in [0.3, 0.4) is 0 Å². The van der Waals surface area contributed by atoms with Crippen LogP contribution in [-0.4, -0.2) is 54.0 Å². The minimum atomic E-state index is -1.52. The standard InChI is InChI=1S/C26H30N2O6/c29-22(23(30)31)11-14-27-24(32)26(12-5-6-13-26)16-28-25(33)34-15-21-19-9-3-1-7-17(19)18-8-2-4-10-20(18)21/h1-4,7-10,21-22,29H,5-6,11-16H2,(H,27,32)(H,28,33)(H,30,31). The predicted octanol–water partition coefficient (Wildman–Crippen LogP) is 3.04. The summed E-state index contributed by atoms with van der Waals surface area (Å²) in [6, 6.07) is 16.2. The number of aliphatic hydroxyl groups excluding tert-OH is 1. The van der Waals surface area contributed by atoms with Crippen LogP contribution in [0.4, 0.5) is 4.79 Å². The van der Waals surface area contributed by atoms with Gasteiger partial charge in [-0.15, -0.1) is 0 Å². The Morgan fingerprint density at radius 1 is 0.971 bits per heavy atom. The number of aliphatic hydroxyl groups is 1. The molecule has 2 aliphatic carbocycles. The van der Waals surface area contributed by atoms with E-state index in [1.807, 2.05) is 24.3 Å². The van der Waals surface area contributed by atoms with Crippen LogP contribution in [0, 0.1) is 5.41 Å². The number of carboxylic acid groups (broad SMARTS) is 1. The fourth-order valence-electron chi connectivity index (χ4n) is 5.06. The van der Waals surface area contributed by atoms with Crippen molar-refractivity contribution in [1.29, 1.82) is 0 Å². The van der Waals surface area contributed by atoms with Gasteiger partial charge >= 0.3 is 12.1 Å². The Balaban J connectivity index is 1.32. The van der Waals surface area contributed by atoms with Crippen LogP contribution >= 0.6 is 0 Å². The van der Waals surface area contributed by atoms with Gasteiger partial charge < -0.3 is 25.6 Å². The summed E-state index contributed by atoms with van der Waals surface area (Å²) in [6.07, 6.45) is 0.848. The Kier molecular flexibility index (Phi) is 7.17. The molecule has 1 unspecified atom stereocenters. The zero-order valence-electron chi connectivity index (χ0n) is 19.0. The molecule has 0 radical (unpaired) electrons. The van der Waals surface area contributed by atoms with Crippen LogP contribution in [0.2, 0.25) is 0 Å². The van der Waals surface area contributed by atoms with Crippen LogP contribution < -0.4 is 10.6 Å². The number of hydrogen-bond donors (Lipinski definition) is 4. The molecule has 0 aliphatic heterocycles. The van der Waals surface area contributed by atoms with Crippen molar-refractivity contribution >= 4 is 18.0 Å². The van der Waals surface area contributed by atoms with Crippen LogP contribution in [-0.2, 0) is 14.3 Å². The molecule has 180 valence electrons. The first-order valence-electron chi connectivity index (χ1n) is 11.7. The number of rotatable bonds is 9. The maximum absolute atomic E-state index is 12.8. The fourth-order valence-corrected chi connectivity index (χ4v) is 5.06. The van der Waals surface area contributed by atoms with E-state index in [9.17, 15) is 19.5 Å². The van der Waals surface area contributed by atoms with E-state index >= 15 is 0 Å². The molecule has 4 rings (SSSR count). The fraction of sp³-hybridized carbons (Fsp3) is 0.423. The van der Waals surface area contributed by atoms with Gasteiger partial charge in [0.15, 0.2) is 6.10 Å². The summed E-state index contributed by atoms with van der Waals surface area (Å²) < 4.78 is 5.58. The summed E-state index contributed by atoms with van der Waals surface area (Å²) in [4.78, 5) is 36.1. The number of aliphatic carboxylic acids is 1. The number of carbonyl (C=O) groups excluding carboxylic acids is 2. The Hall–Kier alpha value is -3.39. The molecule has 2 aliphatic rings. The summed E-state index contributed by atoms with van der Waals surface area (Å²) in [7, 11) is 0. The Morgan fingerprint density at radius 2 is 1.56 bits per heavy atom. The van der Waals surface area contributed by atoms with E-state index in [1.165, 1.54) is 0 Å². The molecule has 0 spiro atoms. The van der Waals surface area contributed by atoms with Crippen molar-refractivity contribution in [2.24, 2.45) is 5.41 Å². The van der Waals surface area contributed by atoms with E-state index in [-0.39, 0.29) is 37.9 Å². The Morgan fingerprint density at radius 3 is 2.15 bits per heavy atom. The highest BCUT2D eigenvalue weighted by Crippen LogP contribution is 2.44. The Bertz CT molecular complexity index is 1020. The lowest BCUT2D eigenvalue weighted by atomic mass is 9.85. The number of carboxylic acids is 1. The van der Waals surface area contributed by atoms with E-state index in [1.54, 1.807) is 0 Å². The van der Waals surface area contributed by atoms with Crippen molar-refractivity contribution in [3.63, 3.8) is 0 Å². The third kappa shape index (κ3) is 4.92. The third-order valence-electron chi connectivity index (χ3n) is 6.95. The van der Waals surface area contributed by atoms with Gasteiger partial charge in [-0.2, -0.15) is 0 Å². The normalized spacial score (nSPS) is 16.9. The van der Waals surface area contributed by atoms with Crippen molar-refractivity contribution in [3.8, 4) is 11.1 Å². The molecule has 2 amide bonds. The number of nitrogens with one attached hydrogen (secondary N) is 2. The maximum atomic E-state index is 12.8. The quantitative estimate of drug-likeness (QED) is 0.450. The molecule has 0 heterocycles. The summed E-state index contributed by atoms with van der Waals surface area (Å²) in [6.45, 7) is 0.405. The first-order valence-corrected chi connectivity index (χ1v) is 11.7. The topological polar surface area (TPSA) is 125 Å². The molecule has 1 atom stereocenters. The summed E-state index contributed by atoms with van der Waals surface area (Å²) >= 11 is 0. The van der Waals surface area contributed by atoms with Crippen molar-refractivity contribution in [2.75, 3.05) is 19.7 Å². The molecule has 0 aromatic heterocycles. The van der Waals surface area contributed by atoms with E-state index in [2.05, 4.69) is 34.9 Å². The minimum Gasteiger partial charge on any atom is -0.479 e. The van der Waals surface area contributed by atoms with E-state index < -0.39 is 23.6 Å². The third-order valence-corrected chi connectivity index (χ3v) is 6.95. The molecule has 8 nitrogen and oxygen atoms in total.